The number of imidazole rings is 1. The molecule has 0 N–H and O–H groups in total. The van der Waals surface area contributed by atoms with Crippen LogP contribution in [0.25, 0.3) is 11.2 Å². The van der Waals surface area contributed by atoms with E-state index in [1.54, 1.807) is 11.8 Å². The average molecular weight is 240 g/mol. The predicted molar refractivity (Wildman–Crippen MR) is 67.9 cm³/mol. The first-order valence-corrected chi connectivity index (χ1v) is 6.08. The van der Waals surface area contributed by atoms with Crippen molar-refractivity contribution in [2.24, 2.45) is 7.05 Å². The van der Waals surface area contributed by atoms with Crippen LogP contribution in [0.4, 0.5) is 0 Å². The standard InChI is InChI=1S/C13H10N3S/c1-16-9-14-11-7-8-12(15-13(11)16)17-10-5-3-2-4-6-10/h2-8H,1H3. The molecule has 3 nitrogen and oxygen atoms in total. The quantitative estimate of drug-likeness (QED) is 0.690. The smallest absolute Gasteiger partial charge is 0.178 e. The fraction of sp³-hybridized carbons (Fsp3) is 0.0769. The Hall–Kier alpha value is -1.81. The van der Waals surface area contributed by atoms with Crippen molar-refractivity contribution in [3.63, 3.8) is 0 Å². The Labute approximate surface area is 104 Å². The van der Waals surface area contributed by atoms with Gasteiger partial charge < -0.3 is 4.57 Å². The zero-order valence-corrected chi connectivity index (χ0v) is 10.1. The molecule has 0 aliphatic heterocycles. The number of fused-ring (bicyclic) bond motifs is 1. The SMILES string of the molecule is Cn1[c]nc2ccc(Sc3ccccc3)nc21. The van der Waals surface area contributed by atoms with Gasteiger partial charge in [-0.1, -0.05) is 30.0 Å². The normalized spacial score (nSPS) is 10.9. The molecule has 0 atom stereocenters. The van der Waals surface area contributed by atoms with Gasteiger partial charge in [-0.3, -0.25) is 0 Å². The molecule has 3 aromatic rings. The second-order valence-electron chi connectivity index (χ2n) is 3.68. The van der Waals surface area contributed by atoms with Crippen LogP contribution in [0.15, 0.2) is 52.4 Å². The third-order valence-electron chi connectivity index (χ3n) is 2.43. The van der Waals surface area contributed by atoms with Gasteiger partial charge in [0.2, 0.25) is 0 Å². The maximum atomic E-state index is 4.56. The molecule has 0 amide bonds. The molecular formula is C13H10N3S. The minimum absolute atomic E-state index is 0.867. The zero-order chi connectivity index (χ0) is 11.7. The fourth-order valence-corrected chi connectivity index (χ4v) is 2.40. The maximum Gasteiger partial charge on any atom is 0.178 e. The highest BCUT2D eigenvalue weighted by atomic mass is 32.2. The van der Waals surface area contributed by atoms with Crippen LogP contribution in [0, 0.1) is 6.33 Å². The molecule has 0 saturated carbocycles. The minimum atomic E-state index is 0.867. The van der Waals surface area contributed by atoms with E-state index < -0.39 is 0 Å². The lowest BCUT2D eigenvalue weighted by molar-refractivity contribution is 0.910. The van der Waals surface area contributed by atoms with E-state index in [1.165, 1.54) is 4.90 Å². The molecular weight excluding hydrogens is 230 g/mol. The lowest BCUT2D eigenvalue weighted by atomic mass is 10.4. The van der Waals surface area contributed by atoms with Crippen molar-refractivity contribution in [2.45, 2.75) is 9.92 Å². The second kappa shape index (κ2) is 4.22. The van der Waals surface area contributed by atoms with Crippen LogP contribution in [0.2, 0.25) is 0 Å². The monoisotopic (exact) mass is 240 g/mol. The second-order valence-corrected chi connectivity index (χ2v) is 4.77. The molecule has 0 unspecified atom stereocenters. The van der Waals surface area contributed by atoms with E-state index in [4.69, 9.17) is 0 Å². The van der Waals surface area contributed by atoms with Crippen molar-refractivity contribution in [2.75, 3.05) is 0 Å². The van der Waals surface area contributed by atoms with Crippen molar-refractivity contribution >= 4 is 22.9 Å². The van der Waals surface area contributed by atoms with Crippen molar-refractivity contribution in [1.29, 1.82) is 0 Å². The summed E-state index contributed by atoms with van der Waals surface area (Å²) in [6.07, 6.45) is 2.86. The van der Waals surface area contributed by atoms with E-state index >= 15 is 0 Å². The Morgan fingerprint density at radius 3 is 2.76 bits per heavy atom. The van der Waals surface area contributed by atoms with Gasteiger partial charge >= 0.3 is 0 Å². The summed E-state index contributed by atoms with van der Waals surface area (Å²) >= 11 is 1.65. The molecule has 0 fully saturated rings. The molecule has 2 aromatic heterocycles. The summed E-state index contributed by atoms with van der Waals surface area (Å²) in [4.78, 5) is 9.88. The molecule has 1 radical (unpaired) electrons. The number of hydrogen-bond donors (Lipinski definition) is 0. The molecule has 1 aromatic carbocycles. The lowest BCUT2D eigenvalue weighted by Crippen LogP contribution is -1.89. The number of hydrogen-bond acceptors (Lipinski definition) is 3. The lowest BCUT2D eigenvalue weighted by Gasteiger charge is -2.01. The Morgan fingerprint density at radius 2 is 1.94 bits per heavy atom. The highest BCUT2D eigenvalue weighted by molar-refractivity contribution is 7.99. The Morgan fingerprint density at radius 1 is 1.12 bits per heavy atom. The average Bonchev–Trinajstić information content (AvgIpc) is 2.73. The molecule has 3 rings (SSSR count). The van der Waals surface area contributed by atoms with Crippen molar-refractivity contribution in [3.05, 3.63) is 48.8 Å². The van der Waals surface area contributed by atoms with Gasteiger partial charge in [0.15, 0.2) is 12.0 Å². The van der Waals surface area contributed by atoms with Crippen molar-refractivity contribution in [1.82, 2.24) is 14.5 Å². The number of nitrogens with zero attached hydrogens (tertiary/aromatic N) is 3. The van der Waals surface area contributed by atoms with E-state index in [0.29, 0.717) is 0 Å². The predicted octanol–water partition coefficient (Wildman–Crippen LogP) is 2.92. The summed E-state index contributed by atoms with van der Waals surface area (Å²) in [7, 11) is 1.90. The molecule has 0 bridgehead atoms. The molecule has 4 heteroatoms. The number of pyridine rings is 1. The zero-order valence-electron chi connectivity index (χ0n) is 9.29. The summed E-state index contributed by atoms with van der Waals surface area (Å²) in [6, 6.07) is 14.2. The molecule has 0 saturated heterocycles. The van der Waals surface area contributed by atoms with Crippen LogP contribution in [0.1, 0.15) is 0 Å². The van der Waals surface area contributed by atoms with Gasteiger partial charge in [0.05, 0.1) is 0 Å². The molecule has 0 spiro atoms. The summed E-state index contributed by atoms with van der Waals surface area (Å²) in [5.74, 6) is 0. The summed E-state index contributed by atoms with van der Waals surface area (Å²) in [5, 5.41) is 0.973. The van der Waals surface area contributed by atoms with Crippen LogP contribution >= 0.6 is 11.8 Å². The third kappa shape index (κ3) is 2.03. The summed E-state index contributed by atoms with van der Waals surface area (Å²) < 4.78 is 1.81. The first-order valence-electron chi connectivity index (χ1n) is 5.27. The number of rotatable bonds is 2. The highest BCUT2D eigenvalue weighted by Gasteiger charge is 2.04. The van der Waals surface area contributed by atoms with Crippen LogP contribution in [-0.2, 0) is 7.05 Å². The molecule has 2 heterocycles. The van der Waals surface area contributed by atoms with E-state index in [2.05, 4.69) is 28.4 Å². The molecule has 0 aliphatic carbocycles. The molecule has 0 aliphatic rings. The van der Waals surface area contributed by atoms with Crippen LogP contribution in [0.3, 0.4) is 0 Å². The van der Waals surface area contributed by atoms with Gasteiger partial charge in [0.25, 0.3) is 0 Å². The van der Waals surface area contributed by atoms with E-state index in [1.807, 2.05) is 41.9 Å². The number of aryl methyl sites for hydroxylation is 1. The van der Waals surface area contributed by atoms with Crippen LogP contribution in [0.5, 0.6) is 0 Å². The number of benzene rings is 1. The summed E-state index contributed by atoms with van der Waals surface area (Å²) in [5.41, 5.74) is 1.75. The first kappa shape index (κ1) is 10.4. The first-order chi connectivity index (χ1) is 8.33. The van der Waals surface area contributed by atoms with E-state index in [0.717, 1.165) is 16.2 Å². The van der Waals surface area contributed by atoms with E-state index in [9.17, 15) is 0 Å². The van der Waals surface area contributed by atoms with Crippen molar-refractivity contribution in [3.8, 4) is 0 Å². The largest absolute Gasteiger partial charge is 0.309 e. The Bertz CT molecular complexity index is 646. The van der Waals surface area contributed by atoms with Crippen LogP contribution in [-0.4, -0.2) is 14.5 Å². The van der Waals surface area contributed by atoms with Gasteiger partial charge in [0.1, 0.15) is 10.5 Å². The highest BCUT2D eigenvalue weighted by Crippen LogP contribution is 2.26. The van der Waals surface area contributed by atoms with Crippen molar-refractivity contribution < 1.29 is 0 Å². The van der Waals surface area contributed by atoms with Crippen LogP contribution < -0.4 is 0 Å². The van der Waals surface area contributed by atoms with Gasteiger partial charge in [-0.05, 0) is 24.3 Å². The molecule has 83 valence electrons. The van der Waals surface area contributed by atoms with Gasteiger partial charge in [-0.15, -0.1) is 0 Å². The van der Waals surface area contributed by atoms with Gasteiger partial charge in [-0.25, -0.2) is 9.97 Å². The summed E-state index contributed by atoms with van der Waals surface area (Å²) in [6.45, 7) is 0. The van der Waals surface area contributed by atoms with E-state index in [-0.39, 0.29) is 0 Å². The maximum absolute atomic E-state index is 4.56. The number of aromatic nitrogens is 3. The molecule has 17 heavy (non-hydrogen) atoms. The van der Waals surface area contributed by atoms with Gasteiger partial charge in [-0.2, -0.15) is 0 Å². The fourth-order valence-electron chi connectivity index (χ4n) is 1.60. The Balaban J connectivity index is 1.98. The van der Waals surface area contributed by atoms with Gasteiger partial charge in [0, 0.05) is 11.9 Å². The Kier molecular flexibility index (Phi) is 2.57. The third-order valence-corrected chi connectivity index (χ3v) is 3.38. The topological polar surface area (TPSA) is 30.7 Å². The minimum Gasteiger partial charge on any atom is -0.309 e.